The van der Waals surface area contributed by atoms with Crippen LogP contribution in [0.25, 0.3) is 6.08 Å². The Morgan fingerprint density at radius 3 is 2.64 bits per heavy atom. The fourth-order valence-corrected chi connectivity index (χ4v) is 2.74. The van der Waals surface area contributed by atoms with Gasteiger partial charge in [-0.25, -0.2) is 8.78 Å². The highest BCUT2D eigenvalue weighted by Crippen LogP contribution is 2.24. The minimum atomic E-state index is -1.15. The van der Waals surface area contributed by atoms with Crippen molar-refractivity contribution >= 4 is 23.6 Å². The lowest BCUT2D eigenvalue weighted by Gasteiger charge is -2.14. The van der Waals surface area contributed by atoms with Crippen LogP contribution in [0.15, 0.2) is 54.6 Å². The van der Waals surface area contributed by atoms with Crippen molar-refractivity contribution in [1.82, 2.24) is 5.32 Å². The van der Waals surface area contributed by atoms with Crippen LogP contribution in [0.5, 0.6) is 0 Å². The lowest BCUT2D eigenvalue weighted by atomic mass is 9.93. The van der Waals surface area contributed by atoms with Crippen molar-refractivity contribution in [2.24, 2.45) is 11.8 Å². The van der Waals surface area contributed by atoms with Gasteiger partial charge in [-0.1, -0.05) is 48.6 Å². The van der Waals surface area contributed by atoms with Crippen LogP contribution in [0.4, 0.5) is 14.5 Å². The first-order valence-corrected chi connectivity index (χ1v) is 7.82. The first-order valence-electron chi connectivity index (χ1n) is 7.82. The third kappa shape index (κ3) is 3.74. The molecule has 128 valence electrons. The van der Waals surface area contributed by atoms with Crippen molar-refractivity contribution in [2.75, 3.05) is 11.9 Å². The van der Waals surface area contributed by atoms with Crippen LogP contribution >= 0.6 is 0 Å². The molecule has 3 rings (SSSR count). The molecule has 0 aromatic heterocycles. The molecule has 1 saturated heterocycles. The number of rotatable bonds is 4. The van der Waals surface area contributed by atoms with Gasteiger partial charge >= 0.3 is 0 Å². The van der Waals surface area contributed by atoms with Crippen molar-refractivity contribution in [1.29, 1.82) is 0 Å². The molecular formula is C19H16F2N2O2. The van der Waals surface area contributed by atoms with E-state index in [2.05, 4.69) is 10.6 Å². The lowest BCUT2D eigenvalue weighted by Crippen LogP contribution is -2.32. The Morgan fingerprint density at radius 1 is 1.12 bits per heavy atom. The van der Waals surface area contributed by atoms with Crippen LogP contribution in [0.2, 0.25) is 0 Å². The summed E-state index contributed by atoms with van der Waals surface area (Å²) in [7, 11) is 0. The minimum absolute atomic E-state index is 0.282. The van der Waals surface area contributed by atoms with Crippen molar-refractivity contribution in [3.05, 3.63) is 71.8 Å². The second-order valence-corrected chi connectivity index (χ2v) is 5.75. The summed E-state index contributed by atoms with van der Waals surface area (Å²) in [6, 6.07) is 13.0. The van der Waals surface area contributed by atoms with Gasteiger partial charge in [0.15, 0.2) is 11.6 Å². The summed E-state index contributed by atoms with van der Waals surface area (Å²) in [5.41, 5.74) is 0.660. The average molecular weight is 342 g/mol. The molecule has 2 N–H and O–H groups in total. The van der Waals surface area contributed by atoms with Gasteiger partial charge in [-0.15, -0.1) is 0 Å². The maximum Gasteiger partial charge on any atom is 0.237 e. The fraction of sp³-hybridized carbons (Fsp3) is 0.158. The third-order valence-electron chi connectivity index (χ3n) is 4.05. The Morgan fingerprint density at radius 2 is 1.88 bits per heavy atom. The Bertz CT molecular complexity index is 821. The highest BCUT2D eigenvalue weighted by atomic mass is 19.2. The van der Waals surface area contributed by atoms with Crippen LogP contribution in [0.1, 0.15) is 5.56 Å². The summed E-state index contributed by atoms with van der Waals surface area (Å²) in [6.45, 7) is 0.311. The van der Waals surface area contributed by atoms with Gasteiger partial charge in [0.2, 0.25) is 11.8 Å². The second kappa shape index (κ2) is 7.25. The number of amides is 2. The Labute approximate surface area is 143 Å². The Balaban J connectivity index is 1.76. The first-order chi connectivity index (χ1) is 12.1. The number of carbonyl (C=O) groups is 2. The second-order valence-electron chi connectivity index (χ2n) is 5.75. The molecule has 25 heavy (non-hydrogen) atoms. The molecule has 0 spiro atoms. The fourth-order valence-electron chi connectivity index (χ4n) is 2.74. The number of halogens is 2. The number of nitrogens with one attached hydrogen (secondary N) is 2. The maximum absolute atomic E-state index is 13.7. The Kier molecular flexibility index (Phi) is 4.88. The minimum Gasteiger partial charge on any atom is -0.355 e. The predicted octanol–water partition coefficient (Wildman–Crippen LogP) is 2.98. The molecule has 2 aromatic carbocycles. The summed E-state index contributed by atoms with van der Waals surface area (Å²) in [5.74, 6) is -4.67. The van der Waals surface area contributed by atoms with E-state index in [1.165, 1.54) is 12.1 Å². The molecule has 1 aliphatic rings. The molecule has 2 amide bonds. The van der Waals surface area contributed by atoms with Crippen LogP contribution < -0.4 is 10.6 Å². The number of benzene rings is 2. The summed E-state index contributed by atoms with van der Waals surface area (Å²) >= 11 is 0. The van der Waals surface area contributed by atoms with Crippen LogP contribution in [0, 0.1) is 23.5 Å². The molecule has 1 aliphatic heterocycles. The van der Waals surface area contributed by atoms with Crippen molar-refractivity contribution in [3.8, 4) is 0 Å². The van der Waals surface area contributed by atoms with E-state index in [0.717, 1.165) is 11.6 Å². The van der Waals surface area contributed by atoms with Gasteiger partial charge in [-0.05, 0) is 17.7 Å². The largest absolute Gasteiger partial charge is 0.355 e. The summed E-state index contributed by atoms with van der Waals surface area (Å²) in [5, 5.41) is 4.93. The van der Waals surface area contributed by atoms with E-state index in [-0.39, 0.29) is 11.6 Å². The summed E-state index contributed by atoms with van der Waals surface area (Å²) < 4.78 is 27.0. The summed E-state index contributed by atoms with van der Waals surface area (Å²) in [4.78, 5) is 24.4. The van der Waals surface area contributed by atoms with E-state index in [4.69, 9.17) is 0 Å². The molecule has 0 aliphatic carbocycles. The van der Waals surface area contributed by atoms with Gasteiger partial charge in [-0.2, -0.15) is 0 Å². The number of hydrogen-bond donors (Lipinski definition) is 2. The molecule has 6 heteroatoms. The predicted molar refractivity (Wildman–Crippen MR) is 90.5 cm³/mol. The van der Waals surface area contributed by atoms with E-state index < -0.39 is 29.4 Å². The first kappa shape index (κ1) is 16.8. The van der Waals surface area contributed by atoms with E-state index in [1.807, 2.05) is 36.4 Å². The van der Waals surface area contributed by atoms with Crippen molar-refractivity contribution in [2.45, 2.75) is 0 Å². The normalized spacial score (nSPS) is 19.8. The van der Waals surface area contributed by atoms with Gasteiger partial charge in [0, 0.05) is 12.5 Å². The van der Waals surface area contributed by atoms with Gasteiger partial charge in [0.05, 0.1) is 5.69 Å². The van der Waals surface area contributed by atoms with Crippen LogP contribution in [0.3, 0.4) is 0 Å². The van der Waals surface area contributed by atoms with Gasteiger partial charge < -0.3 is 10.6 Å². The van der Waals surface area contributed by atoms with E-state index >= 15 is 0 Å². The summed E-state index contributed by atoms with van der Waals surface area (Å²) in [6.07, 6.45) is 3.60. The molecular weight excluding hydrogens is 326 g/mol. The average Bonchev–Trinajstić information content (AvgIpc) is 2.99. The van der Waals surface area contributed by atoms with Crippen molar-refractivity contribution < 1.29 is 18.4 Å². The topological polar surface area (TPSA) is 58.2 Å². The third-order valence-corrected chi connectivity index (χ3v) is 4.05. The van der Waals surface area contributed by atoms with Gasteiger partial charge in [0.1, 0.15) is 5.92 Å². The molecule has 2 unspecified atom stereocenters. The molecule has 1 fully saturated rings. The van der Waals surface area contributed by atoms with Crippen LogP contribution in [-0.4, -0.2) is 18.4 Å². The quantitative estimate of drug-likeness (QED) is 0.840. The number of hydrogen-bond acceptors (Lipinski definition) is 2. The smallest absolute Gasteiger partial charge is 0.237 e. The zero-order chi connectivity index (χ0) is 17.8. The van der Waals surface area contributed by atoms with E-state index in [9.17, 15) is 18.4 Å². The molecule has 4 nitrogen and oxygen atoms in total. The standard InChI is InChI=1S/C19H16F2N2O2/c20-14-7-4-8-15(17(14)21)23-19(25)16-13(11-22-18(16)24)10-9-12-5-2-1-3-6-12/h1-10,13,16H,11H2,(H,22,24)(H,23,25). The monoisotopic (exact) mass is 342 g/mol. The zero-order valence-corrected chi connectivity index (χ0v) is 13.2. The Hall–Kier alpha value is -3.02. The van der Waals surface area contributed by atoms with Crippen molar-refractivity contribution in [3.63, 3.8) is 0 Å². The molecule has 2 aromatic rings. The highest BCUT2D eigenvalue weighted by Gasteiger charge is 2.39. The van der Waals surface area contributed by atoms with Crippen LogP contribution in [-0.2, 0) is 9.59 Å². The SMILES string of the molecule is O=C1NCC(C=Cc2ccccc2)C1C(=O)Nc1cccc(F)c1F. The number of carbonyl (C=O) groups excluding carboxylic acids is 2. The highest BCUT2D eigenvalue weighted by molar-refractivity contribution is 6.08. The maximum atomic E-state index is 13.7. The zero-order valence-electron chi connectivity index (χ0n) is 13.2. The molecule has 0 saturated carbocycles. The lowest BCUT2D eigenvalue weighted by molar-refractivity contribution is -0.130. The molecule has 0 bridgehead atoms. The molecule has 1 heterocycles. The van der Waals surface area contributed by atoms with E-state index in [1.54, 1.807) is 6.08 Å². The van der Waals surface area contributed by atoms with E-state index in [0.29, 0.717) is 6.54 Å². The molecule has 0 radical (unpaired) electrons. The number of anilines is 1. The van der Waals surface area contributed by atoms with Gasteiger partial charge in [0.25, 0.3) is 0 Å². The van der Waals surface area contributed by atoms with Gasteiger partial charge in [-0.3, -0.25) is 9.59 Å². The molecule has 2 atom stereocenters.